The summed E-state index contributed by atoms with van der Waals surface area (Å²) in [7, 11) is 0. The molecule has 160 valence electrons. The molecule has 0 aliphatic heterocycles. The molecule has 3 atom stereocenters. The summed E-state index contributed by atoms with van der Waals surface area (Å²) in [5, 5.41) is 13.1. The number of carbonyl (C=O) groups excluding carboxylic acids is 2. The largest absolute Gasteiger partial charge is 0.491 e. The van der Waals surface area contributed by atoms with Crippen molar-refractivity contribution >= 4 is 11.7 Å². The standard InChI is InChI=1S/C25H31NO4/c27-21(18-30-22-9-5-3-6-10-22)15-16-23-19(12-17-24(23)28)8-4-1-2-7-11-25(29)26-20-13-14-20/h1,3-6,9-10,12,15-17,19-21,23,27H,2,7-8,11,13-14,18H2,(H,26,29)/b4-1-,16-15+/t19-,21+,23+/m0/s1. The van der Waals surface area contributed by atoms with Gasteiger partial charge in [-0.25, -0.2) is 0 Å². The second-order valence-corrected chi connectivity index (χ2v) is 7.97. The van der Waals surface area contributed by atoms with Gasteiger partial charge in [-0.1, -0.05) is 48.6 Å². The first-order chi connectivity index (χ1) is 14.6. The van der Waals surface area contributed by atoms with Crippen molar-refractivity contribution in [2.24, 2.45) is 11.8 Å². The Labute approximate surface area is 178 Å². The highest BCUT2D eigenvalue weighted by molar-refractivity contribution is 5.95. The molecule has 0 saturated heterocycles. The van der Waals surface area contributed by atoms with Crippen molar-refractivity contribution in [3.8, 4) is 5.75 Å². The summed E-state index contributed by atoms with van der Waals surface area (Å²) >= 11 is 0. The maximum Gasteiger partial charge on any atom is 0.220 e. The molecule has 0 radical (unpaired) electrons. The molecule has 5 nitrogen and oxygen atoms in total. The van der Waals surface area contributed by atoms with E-state index in [4.69, 9.17) is 4.74 Å². The van der Waals surface area contributed by atoms with Gasteiger partial charge in [0, 0.05) is 18.4 Å². The lowest BCUT2D eigenvalue weighted by atomic mass is 9.91. The van der Waals surface area contributed by atoms with Crippen molar-refractivity contribution in [2.45, 2.75) is 50.7 Å². The minimum absolute atomic E-state index is 0.0672. The average molecular weight is 410 g/mol. The fraction of sp³-hybridized carbons (Fsp3) is 0.440. The van der Waals surface area contributed by atoms with Gasteiger partial charge in [0.05, 0.1) is 0 Å². The number of hydrogen-bond acceptors (Lipinski definition) is 4. The summed E-state index contributed by atoms with van der Waals surface area (Å²) in [5.41, 5.74) is 0. The van der Waals surface area contributed by atoms with Crippen molar-refractivity contribution in [1.29, 1.82) is 0 Å². The first-order valence-corrected chi connectivity index (χ1v) is 10.8. The van der Waals surface area contributed by atoms with Crippen LogP contribution in [0.15, 0.2) is 66.8 Å². The Morgan fingerprint density at radius 2 is 2.03 bits per heavy atom. The van der Waals surface area contributed by atoms with E-state index in [1.54, 1.807) is 18.2 Å². The Morgan fingerprint density at radius 3 is 2.80 bits per heavy atom. The molecule has 3 rings (SSSR count). The van der Waals surface area contributed by atoms with E-state index in [1.807, 2.05) is 36.4 Å². The molecule has 1 aromatic rings. The number of amides is 1. The third-order valence-corrected chi connectivity index (χ3v) is 5.29. The molecule has 1 aromatic carbocycles. The van der Waals surface area contributed by atoms with Crippen LogP contribution in [0.25, 0.3) is 0 Å². The van der Waals surface area contributed by atoms with Crippen LogP contribution in [0, 0.1) is 11.8 Å². The second kappa shape index (κ2) is 11.5. The molecule has 0 bridgehead atoms. The van der Waals surface area contributed by atoms with Gasteiger partial charge in [-0.3, -0.25) is 9.59 Å². The molecular weight excluding hydrogens is 378 g/mol. The highest BCUT2D eigenvalue weighted by atomic mass is 16.5. The van der Waals surface area contributed by atoms with E-state index >= 15 is 0 Å². The highest BCUT2D eigenvalue weighted by Crippen LogP contribution is 2.27. The Hall–Kier alpha value is -2.66. The number of aliphatic hydroxyl groups is 1. The zero-order valence-electron chi connectivity index (χ0n) is 17.3. The molecule has 1 fully saturated rings. The number of benzene rings is 1. The van der Waals surface area contributed by atoms with Crippen LogP contribution in [-0.4, -0.2) is 35.5 Å². The molecule has 30 heavy (non-hydrogen) atoms. The van der Waals surface area contributed by atoms with Gasteiger partial charge in [-0.15, -0.1) is 0 Å². The molecule has 2 aliphatic carbocycles. The first-order valence-electron chi connectivity index (χ1n) is 10.8. The van der Waals surface area contributed by atoms with Gasteiger partial charge in [0.2, 0.25) is 5.91 Å². The van der Waals surface area contributed by atoms with Crippen LogP contribution >= 0.6 is 0 Å². The van der Waals surface area contributed by atoms with Crippen molar-refractivity contribution in [3.63, 3.8) is 0 Å². The van der Waals surface area contributed by atoms with Gasteiger partial charge < -0.3 is 15.2 Å². The summed E-state index contributed by atoms with van der Waals surface area (Å²) in [5.74, 6) is 0.778. The van der Waals surface area contributed by atoms with Gasteiger partial charge in [0.25, 0.3) is 0 Å². The number of para-hydroxylation sites is 1. The average Bonchev–Trinajstić information content (AvgIpc) is 3.49. The fourth-order valence-electron chi connectivity index (χ4n) is 3.40. The van der Waals surface area contributed by atoms with Gasteiger partial charge in [-0.2, -0.15) is 0 Å². The van der Waals surface area contributed by atoms with Crippen LogP contribution in [0.1, 0.15) is 38.5 Å². The van der Waals surface area contributed by atoms with E-state index in [0.29, 0.717) is 18.2 Å². The van der Waals surface area contributed by atoms with Crippen LogP contribution in [0.2, 0.25) is 0 Å². The summed E-state index contributed by atoms with van der Waals surface area (Å²) in [6.45, 7) is 0.147. The predicted octanol–water partition coefficient (Wildman–Crippen LogP) is 3.75. The zero-order valence-corrected chi connectivity index (χ0v) is 17.3. The lowest BCUT2D eigenvalue weighted by Gasteiger charge is -2.14. The number of ketones is 1. The topological polar surface area (TPSA) is 75.6 Å². The zero-order chi connectivity index (χ0) is 21.2. The maximum absolute atomic E-state index is 12.2. The summed E-state index contributed by atoms with van der Waals surface area (Å²) in [6.07, 6.45) is 15.7. The van der Waals surface area contributed by atoms with E-state index in [-0.39, 0.29) is 30.1 Å². The van der Waals surface area contributed by atoms with Crippen molar-refractivity contribution in [1.82, 2.24) is 5.32 Å². The molecule has 0 heterocycles. The van der Waals surface area contributed by atoms with Crippen LogP contribution in [0.5, 0.6) is 5.75 Å². The Bertz CT molecular complexity index is 780. The predicted molar refractivity (Wildman–Crippen MR) is 117 cm³/mol. The van der Waals surface area contributed by atoms with E-state index in [1.165, 1.54) is 0 Å². The quantitative estimate of drug-likeness (QED) is 0.407. The minimum Gasteiger partial charge on any atom is -0.491 e. The summed E-state index contributed by atoms with van der Waals surface area (Å²) in [4.78, 5) is 23.8. The summed E-state index contributed by atoms with van der Waals surface area (Å²) < 4.78 is 5.54. The molecule has 0 spiro atoms. The smallest absolute Gasteiger partial charge is 0.220 e. The molecule has 1 saturated carbocycles. The van der Waals surface area contributed by atoms with E-state index in [9.17, 15) is 14.7 Å². The minimum atomic E-state index is -0.767. The third kappa shape index (κ3) is 7.64. The normalized spacial score (nSPS) is 22.1. The fourth-order valence-corrected chi connectivity index (χ4v) is 3.40. The molecular formula is C25H31NO4. The SMILES string of the molecule is O=C(CCC/C=C\C[C@H]1C=CC(=O)[C@@H]1/C=C/[C@@H](O)COc1ccccc1)NC1CC1. The molecule has 1 amide bonds. The third-order valence-electron chi connectivity index (χ3n) is 5.29. The lowest BCUT2D eigenvalue weighted by molar-refractivity contribution is -0.121. The van der Waals surface area contributed by atoms with Gasteiger partial charge >= 0.3 is 0 Å². The van der Waals surface area contributed by atoms with E-state index in [0.717, 1.165) is 32.1 Å². The van der Waals surface area contributed by atoms with Gasteiger partial charge in [-0.05, 0) is 56.2 Å². The van der Waals surface area contributed by atoms with E-state index < -0.39 is 6.10 Å². The van der Waals surface area contributed by atoms with Crippen LogP contribution in [0.3, 0.4) is 0 Å². The Balaban J connectivity index is 1.35. The number of aliphatic hydroxyl groups excluding tert-OH is 1. The Morgan fingerprint density at radius 1 is 1.23 bits per heavy atom. The number of hydrogen-bond donors (Lipinski definition) is 2. The van der Waals surface area contributed by atoms with Gasteiger partial charge in [0.15, 0.2) is 5.78 Å². The lowest BCUT2D eigenvalue weighted by Crippen LogP contribution is -2.24. The molecule has 0 aromatic heterocycles. The molecule has 2 N–H and O–H groups in total. The first kappa shape index (κ1) is 22.0. The van der Waals surface area contributed by atoms with Crippen molar-refractivity contribution < 1.29 is 19.4 Å². The number of ether oxygens (including phenoxy) is 1. The summed E-state index contributed by atoms with van der Waals surface area (Å²) in [6, 6.07) is 9.75. The van der Waals surface area contributed by atoms with E-state index in [2.05, 4.69) is 17.5 Å². The Kier molecular flexibility index (Phi) is 8.45. The second-order valence-electron chi connectivity index (χ2n) is 7.97. The monoisotopic (exact) mass is 409 g/mol. The van der Waals surface area contributed by atoms with Crippen LogP contribution in [0.4, 0.5) is 0 Å². The molecule has 5 heteroatoms. The number of allylic oxidation sites excluding steroid dienone is 5. The number of rotatable bonds is 12. The van der Waals surface area contributed by atoms with Crippen molar-refractivity contribution in [2.75, 3.05) is 6.61 Å². The van der Waals surface area contributed by atoms with Gasteiger partial charge in [0.1, 0.15) is 18.5 Å². The van der Waals surface area contributed by atoms with Crippen molar-refractivity contribution in [3.05, 3.63) is 66.8 Å². The molecule has 2 aliphatic rings. The van der Waals surface area contributed by atoms with Crippen LogP contribution < -0.4 is 10.1 Å². The highest BCUT2D eigenvalue weighted by Gasteiger charge is 2.27. The number of nitrogens with one attached hydrogen (secondary N) is 1. The molecule has 0 unspecified atom stereocenters. The number of unbranched alkanes of at least 4 members (excludes halogenated alkanes) is 1. The van der Waals surface area contributed by atoms with Crippen LogP contribution in [-0.2, 0) is 9.59 Å². The maximum atomic E-state index is 12.2. The number of carbonyl (C=O) groups is 2.